The van der Waals surface area contributed by atoms with E-state index >= 15 is 0 Å². The number of carboxylic acid groups (broad SMARTS) is 3. The number of aliphatic imine (C=N–C) groups is 2. The Bertz CT molecular complexity index is 1860. The topological polar surface area (TPSA) is 168 Å². The van der Waals surface area contributed by atoms with E-state index in [4.69, 9.17) is 9.98 Å². The van der Waals surface area contributed by atoms with Crippen molar-refractivity contribution in [3.8, 4) is 0 Å². The van der Waals surface area contributed by atoms with Crippen molar-refractivity contribution >= 4 is 41.0 Å². The van der Waals surface area contributed by atoms with Crippen LogP contribution < -0.4 is 10.7 Å². The molecule has 0 saturated carbocycles. The van der Waals surface area contributed by atoms with Crippen molar-refractivity contribution < 1.29 is 29.7 Å². The van der Waals surface area contributed by atoms with Gasteiger partial charge in [0.15, 0.2) is 0 Å². The van der Waals surface area contributed by atoms with E-state index in [0.29, 0.717) is 28.7 Å². The first kappa shape index (κ1) is 30.7. The first-order valence-corrected chi connectivity index (χ1v) is 14.9. The van der Waals surface area contributed by atoms with Crippen molar-refractivity contribution in [2.24, 2.45) is 21.8 Å². The number of carboxylic acids is 3. The maximum atomic E-state index is 12.7. The summed E-state index contributed by atoms with van der Waals surface area (Å²) >= 11 is 0. The zero-order valence-electron chi connectivity index (χ0n) is 25.7. The van der Waals surface area contributed by atoms with E-state index in [9.17, 15) is 29.7 Å². The molecule has 5 rings (SSSR count). The highest BCUT2D eigenvalue weighted by molar-refractivity contribution is 6.24. The van der Waals surface area contributed by atoms with Gasteiger partial charge in [-0.1, -0.05) is 26.5 Å². The molecule has 2 aromatic rings. The number of nitrogens with zero attached hydrogens (tertiary/aromatic N) is 2. The average molecular weight is 599 g/mol. The maximum Gasteiger partial charge on any atom is 0.338 e. The summed E-state index contributed by atoms with van der Waals surface area (Å²) in [5.41, 5.74) is 8.54. The largest absolute Gasteiger partial charge is 0.481 e. The smallest absolute Gasteiger partial charge is 0.338 e. The molecule has 0 aromatic carbocycles. The molecule has 5 heterocycles. The molecule has 0 saturated heterocycles. The Kier molecular flexibility index (Phi) is 8.20. The normalized spacial score (nSPS) is 24.2. The van der Waals surface area contributed by atoms with Gasteiger partial charge in [0.1, 0.15) is 0 Å². The zero-order chi connectivity index (χ0) is 32.0. The van der Waals surface area contributed by atoms with Crippen LogP contribution in [0.2, 0.25) is 0 Å². The summed E-state index contributed by atoms with van der Waals surface area (Å²) in [4.78, 5) is 53.5. The molecule has 5 N–H and O–H groups in total. The number of nitrogens with one attached hydrogen (secondary N) is 2. The second-order valence-electron chi connectivity index (χ2n) is 11.8. The summed E-state index contributed by atoms with van der Waals surface area (Å²) in [6, 6.07) is -0.170. The standard InChI is InChI=1S/C34H38N4O6/c1-7-19-15(3)23-12-25-17(5)21(9-10-29(39)40)32(37-25)22(11-30(41)42)33-31(34(43)44)18(6)26(38-33)14-28-20(8-2)16(4)24(36-28)13-27(19)35-23/h7,12,14,17,21,27,36,38H,1,8-11,13H2,2-6H3,(H,39,40)(H,41,42)(H,43,44)/b25-12-,26-14-,33-22-/t17-,21-,27?/m0/s1. The highest BCUT2D eigenvalue weighted by atomic mass is 16.4. The lowest BCUT2D eigenvalue weighted by Crippen LogP contribution is -2.28. The molecule has 2 aromatic heterocycles. The molecule has 230 valence electrons. The van der Waals surface area contributed by atoms with Crippen molar-refractivity contribution in [3.63, 3.8) is 0 Å². The first-order valence-electron chi connectivity index (χ1n) is 14.9. The van der Waals surface area contributed by atoms with E-state index in [-0.39, 0.29) is 41.3 Å². The lowest BCUT2D eigenvalue weighted by Gasteiger charge is -2.19. The Hall–Kier alpha value is -4.73. The SMILES string of the molecule is C=CC1=C(C)C2=NC1Cc1[nH]c(c(CC)c1C)/C=c1\[nH]/c(c(C(=O)O)c1C)=C(/CC(=O)O)C1=N/C(=C\2)[C@@H](C)[C@@H]1CCC(=O)O. The van der Waals surface area contributed by atoms with Crippen LogP contribution in [0, 0.1) is 25.7 Å². The number of allylic oxidation sites excluding steroid dienone is 3. The molecule has 0 spiro atoms. The fraction of sp³-hybridized carbons (Fsp3) is 0.382. The van der Waals surface area contributed by atoms with Crippen LogP contribution in [-0.2, 0) is 22.4 Å². The zero-order valence-corrected chi connectivity index (χ0v) is 25.7. The van der Waals surface area contributed by atoms with Gasteiger partial charge in [-0.05, 0) is 73.6 Å². The summed E-state index contributed by atoms with van der Waals surface area (Å²) in [6.45, 7) is 13.8. The molecule has 0 radical (unpaired) electrons. The number of aromatic nitrogens is 2. The first-order chi connectivity index (χ1) is 20.9. The van der Waals surface area contributed by atoms with Crippen LogP contribution in [-0.4, -0.2) is 60.7 Å². The van der Waals surface area contributed by atoms with Gasteiger partial charge in [0.25, 0.3) is 0 Å². The quantitative estimate of drug-likeness (QED) is 0.308. The molecule has 0 aliphatic carbocycles. The lowest BCUT2D eigenvalue weighted by atomic mass is 9.82. The Balaban J connectivity index is 1.92. The molecule has 1 unspecified atom stereocenters. The lowest BCUT2D eigenvalue weighted by molar-refractivity contribution is -0.137. The summed E-state index contributed by atoms with van der Waals surface area (Å²) in [5.74, 6) is -4.02. The van der Waals surface area contributed by atoms with Gasteiger partial charge in [-0.2, -0.15) is 0 Å². The highest BCUT2D eigenvalue weighted by Crippen LogP contribution is 2.38. The van der Waals surface area contributed by atoms with E-state index in [1.807, 2.05) is 32.1 Å². The van der Waals surface area contributed by atoms with E-state index in [1.54, 1.807) is 6.92 Å². The Labute approximate surface area is 255 Å². The molecule has 0 fully saturated rings. The van der Waals surface area contributed by atoms with Gasteiger partial charge in [-0.25, -0.2) is 4.79 Å². The number of H-pyrrole nitrogens is 2. The minimum Gasteiger partial charge on any atom is -0.481 e. The van der Waals surface area contributed by atoms with E-state index in [0.717, 1.165) is 45.8 Å². The fourth-order valence-corrected chi connectivity index (χ4v) is 6.90. The minimum absolute atomic E-state index is 0.0269. The molecule has 10 nitrogen and oxygen atoms in total. The summed E-state index contributed by atoms with van der Waals surface area (Å²) < 4.78 is 0. The van der Waals surface area contributed by atoms with Gasteiger partial charge in [0.05, 0.1) is 34.8 Å². The number of hydrogen-bond donors (Lipinski definition) is 5. The predicted octanol–water partition coefficient (Wildman–Crippen LogP) is 4.01. The van der Waals surface area contributed by atoms with E-state index in [1.165, 1.54) is 0 Å². The van der Waals surface area contributed by atoms with Crippen molar-refractivity contribution in [2.75, 3.05) is 0 Å². The van der Waals surface area contributed by atoms with Gasteiger partial charge >= 0.3 is 17.9 Å². The summed E-state index contributed by atoms with van der Waals surface area (Å²) in [7, 11) is 0. The van der Waals surface area contributed by atoms with Gasteiger partial charge in [0, 0.05) is 52.7 Å². The van der Waals surface area contributed by atoms with E-state index in [2.05, 4.69) is 30.4 Å². The van der Waals surface area contributed by atoms with Gasteiger partial charge in [-0.15, -0.1) is 0 Å². The minimum atomic E-state index is -1.19. The third kappa shape index (κ3) is 5.29. The number of aromatic amines is 2. The molecule has 44 heavy (non-hydrogen) atoms. The number of hydrogen-bond acceptors (Lipinski definition) is 5. The molecular formula is C34H38N4O6. The average Bonchev–Trinajstić information content (AvgIpc) is 3.63. The number of aliphatic carboxylic acids is 2. The predicted molar refractivity (Wildman–Crippen MR) is 169 cm³/mol. The van der Waals surface area contributed by atoms with Crippen LogP contribution >= 0.6 is 0 Å². The Morgan fingerprint density at radius 1 is 1.07 bits per heavy atom. The maximum absolute atomic E-state index is 12.7. The van der Waals surface area contributed by atoms with Gasteiger partial charge in [-0.3, -0.25) is 19.6 Å². The molecule has 10 heteroatoms. The Morgan fingerprint density at radius 2 is 1.80 bits per heavy atom. The van der Waals surface area contributed by atoms with Crippen LogP contribution in [0.5, 0.6) is 0 Å². The van der Waals surface area contributed by atoms with Gasteiger partial charge in [0.2, 0.25) is 0 Å². The summed E-state index contributed by atoms with van der Waals surface area (Å²) in [6.07, 6.45) is 6.57. The highest BCUT2D eigenvalue weighted by Gasteiger charge is 2.37. The number of aromatic carboxylic acids is 1. The monoisotopic (exact) mass is 598 g/mol. The van der Waals surface area contributed by atoms with Crippen LogP contribution in [0.4, 0.5) is 0 Å². The number of carbonyl (C=O) groups is 3. The molecule has 8 bridgehead atoms. The van der Waals surface area contributed by atoms with Crippen LogP contribution in [0.15, 0.2) is 45.6 Å². The van der Waals surface area contributed by atoms with Crippen LogP contribution in [0.25, 0.3) is 11.6 Å². The van der Waals surface area contributed by atoms with Crippen molar-refractivity contribution in [2.45, 2.75) is 72.8 Å². The molecule has 3 aliphatic heterocycles. The van der Waals surface area contributed by atoms with Gasteiger partial charge < -0.3 is 25.3 Å². The number of fused-ring (bicyclic) bond motifs is 6. The second kappa shape index (κ2) is 11.7. The molecule has 3 atom stereocenters. The third-order valence-corrected chi connectivity index (χ3v) is 9.31. The van der Waals surface area contributed by atoms with Crippen molar-refractivity contribution in [3.05, 3.63) is 79.9 Å². The van der Waals surface area contributed by atoms with Crippen molar-refractivity contribution in [1.82, 2.24) is 9.97 Å². The third-order valence-electron chi connectivity index (χ3n) is 9.31. The fourth-order valence-electron chi connectivity index (χ4n) is 6.90. The molecule has 3 aliphatic rings. The van der Waals surface area contributed by atoms with Crippen molar-refractivity contribution in [1.29, 1.82) is 0 Å². The summed E-state index contributed by atoms with van der Waals surface area (Å²) in [5, 5.41) is 30.6. The molecular weight excluding hydrogens is 560 g/mol. The Morgan fingerprint density at radius 3 is 2.41 bits per heavy atom. The van der Waals surface area contributed by atoms with Crippen LogP contribution in [0.1, 0.15) is 78.5 Å². The second-order valence-corrected chi connectivity index (χ2v) is 11.8. The van der Waals surface area contributed by atoms with E-state index < -0.39 is 30.2 Å². The van der Waals surface area contributed by atoms with Crippen LogP contribution in [0.3, 0.4) is 0 Å². The molecule has 0 amide bonds. The number of rotatable bonds is 8.